The van der Waals surface area contributed by atoms with E-state index in [1.54, 1.807) is 0 Å². The minimum Gasteiger partial charge on any atom is -0.392 e. The van der Waals surface area contributed by atoms with Crippen LogP contribution >= 0.6 is 0 Å². The van der Waals surface area contributed by atoms with Gasteiger partial charge in [-0.05, 0) is 41.0 Å². The number of hydrogen-bond acceptors (Lipinski definition) is 1. The van der Waals surface area contributed by atoms with E-state index in [-0.39, 0.29) is 6.61 Å². The topological polar surface area (TPSA) is 20.2 Å². The highest BCUT2D eigenvalue weighted by Crippen LogP contribution is 2.42. The Kier molecular flexibility index (Phi) is 2.00. The van der Waals surface area contributed by atoms with Crippen LogP contribution in [0.5, 0.6) is 0 Å². The van der Waals surface area contributed by atoms with Gasteiger partial charge in [-0.2, -0.15) is 0 Å². The van der Waals surface area contributed by atoms with Gasteiger partial charge in [0.05, 0.1) is 6.61 Å². The minimum atomic E-state index is 0.150. The summed E-state index contributed by atoms with van der Waals surface area (Å²) >= 11 is 0. The second kappa shape index (κ2) is 3.35. The molecule has 0 amide bonds. The van der Waals surface area contributed by atoms with Crippen LogP contribution in [0.1, 0.15) is 23.1 Å². The first kappa shape index (κ1) is 8.93. The average molecular weight is 198 g/mol. The van der Waals surface area contributed by atoms with Gasteiger partial charge in [0.15, 0.2) is 0 Å². The largest absolute Gasteiger partial charge is 0.392 e. The molecule has 0 aromatic heterocycles. The van der Waals surface area contributed by atoms with Crippen LogP contribution in [0.2, 0.25) is 0 Å². The maximum absolute atomic E-state index is 9.35. The Balaban J connectivity index is 2.19. The molecule has 0 heterocycles. The number of hydrogen-bond donors (Lipinski definition) is 1. The molecular formula is C14H14O. The molecule has 0 saturated heterocycles. The molecule has 2 aliphatic rings. The van der Waals surface area contributed by atoms with Crippen molar-refractivity contribution in [1.29, 1.82) is 0 Å². The lowest BCUT2D eigenvalue weighted by molar-refractivity contribution is 0.281. The molecule has 2 aliphatic carbocycles. The fraction of sp³-hybridized carbons (Fsp3) is 0.286. The third kappa shape index (κ3) is 1.27. The SMILES string of the molecule is OCc1cccc2c1C1=CC=CCC1C2. The van der Waals surface area contributed by atoms with Crippen LogP contribution < -0.4 is 0 Å². The normalized spacial score (nSPS) is 22.2. The summed E-state index contributed by atoms with van der Waals surface area (Å²) in [5.41, 5.74) is 5.23. The van der Waals surface area contributed by atoms with E-state index in [4.69, 9.17) is 0 Å². The number of benzene rings is 1. The first-order valence-electron chi connectivity index (χ1n) is 5.49. The van der Waals surface area contributed by atoms with Gasteiger partial charge in [-0.15, -0.1) is 0 Å². The lowest BCUT2D eigenvalue weighted by Crippen LogP contribution is -2.00. The number of allylic oxidation sites excluding steroid dienone is 4. The fourth-order valence-electron chi connectivity index (χ4n) is 2.75. The van der Waals surface area contributed by atoms with Crippen LogP contribution in [-0.2, 0) is 13.0 Å². The van der Waals surface area contributed by atoms with Crippen LogP contribution in [0, 0.1) is 5.92 Å². The molecule has 1 aromatic rings. The highest BCUT2D eigenvalue weighted by molar-refractivity contribution is 5.78. The Morgan fingerprint density at radius 2 is 2.27 bits per heavy atom. The minimum absolute atomic E-state index is 0.150. The molecule has 0 saturated carbocycles. The van der Waals surface area contributed by atoms with E-state index in [1.807, 2.05) is 6.07 Å². The third-order valence-electron chi connectivity index (χ3n) is 3.43. The van der Waals surface area contributed by atoms with E-state index >= 15 is 0 Å². The summed E-state index contributed by atoms with van der Waals surface area (Å²) in [6, 6.07) is 6.27. The van der Waals surface area contributed by atoms with E-state index in [1.165, 1.54) is 16.7 Å². The van der Waals surface area contributed by atoms with Gasteiger partial charge < -0.3 is 5.11 Å². The standard InChI is InChI=1S/C14H14O/c15-9-12-6-3-5-11-8-10-4-1-2-7-13(10)14(11)12/h1-3,5-7,10,15H,4,8-9H2. The first-order chi connectivity index (χ1) is 7.40. The van der Waals surface area contributed by atoms with Crippen LogP contribution in [0.3, 0.4) is 0 Å². The molecule has 1 N–H and O–H groups in total. The van der Waals surface area contributed by atoms with Crippen LogP contribution in [0.4, 0.5) is 0 Å². The molecule has 1 heteroatoms. The predicted octanol–water partition coefficient (Wildman–Crippen LogP) is 2.69. The maximum Gasteiger partial charge on any atom is 0.0687 e. The van der Waals surface area contributed by atoms with Crippen molar-refractivity contribution in [2.75, 3.05) is 0 Å². The summed E-state index contributed by atoms with van der Waals surface area (Å²) < 4.78 is 0. The summed E-state index contributed by atoms with van der Waals surface area (Å²) in [5, 5.41) is 9.35. The molecule has 15 heavy (non-hydrogen) atoms. The Hall–Kier alpha value is -1.34. The smallest absolute Gasteiger partial charge is 0.0687 e. The lowest BCUT2D eigenvalue weighted by Gasteiger charge is -2.14. The van der Waals surface area contributed by atoms with Crippen molar-refractivity contribution in [3.05, 3.63) is 53.1 Å². The van der Waals surface area contributed by atoms with E-state index in [0.717, 1.165) is 18.4 Å². The molecule has 0 bridgehead atoms. The zero-order chi connectivity index (χ0) is 10.3. The van der Waals surface area contributed by atoms with Gasteiger partial charge in [0, 0.05) is 0 Å². The average Bonchev–Trinajstić information content (AvgIpc) is 2.67. The first-order valence-corrected chi connectivity index (χ1v) is 5.49. The van der Waals surface area contributed by atoms with Crippen molar-refractivity contribution < 1.29 is 5.11 Å². The third-order valence-corrected chi connectivity index (χ3v) is 3.43. The highest BCUT2D eigenvalue weighted by atomic mass is 16.3. The lowest BCUT2D eigenvalue weighted by atomic mass is 9.91. The number of fused-ring (bicyclic) bond motifs is 3. The molecule has 0 radical (unpaired) electrons. The van der Waals surface area contributed by atoms with Gasteiger partial charge in [-0.1, -0.05) is 36.4 Å². The Labute approximate surface area is 89.8 Å². The summed E-state index contributed by atoms with van der Waals surface area (Å²) in [5.74, 6) is 0.651. The zero-order valence-corrected chi connectivity index (χ0v) is 8.61. The Bertz CT molecular complexity index is 454. The van der Waals surface area contributed by atoms with Gasteiger partial charge in [-0.3, -0.25) is 0 Å². The zero-order valence-electron chi connectivity index (χ0n) is 8.61. The molecule has 1 aromatic carbocycles. The molecule has 1 atom stereocenters. The quantitative estimate of drug-likeness (QED) is 0.735. The second-order valence-corrected chi connectivity index (χ2v) is 4.30. The van der Waals surface area contributed by atoms with Crippen molar-refractivity contribution >= 4 is 5.57 Å². The van der Waals surface area contributed by atoms with Gasteiger partial charge in [0.2, 0.25) is 0 Å². The number of aliphatic hydroxyl groups is 1. The monoisotopic (exact) mass is 198 g/mol. The predicted molar refractivity (Wildman–Crippen MR) is 61.3 cm³/mol. The molecule has 0 spiro atoms. The van der Waals surface area contributed by atoms with Crippen molar-refractivity contribution in [1.82, 2.24) is 0 Å². The van der Waals surface area contributed by atoms with Gasteiger partial charge in [0.1, 0.15) is 0 Å². The summed E-state index contributed by atoms with van der Waals surface area (Å²) in [7, 11) is 0. The number of aliphatic hydroxyl groups excluding tert-OH is 1. The van der Waals surface area contributed by atoms with Crippen LogP contribution in [0.15, 0.2) is 36.4 Å². The van der Waals surface area contributed by atoms with Crippen molar-refractivity contribution in [3.8, 4) is 0 Å². The summed E-state index contributed by atoms with van der Waals surface area (Å²) in [6.45, 7) is 0.150. The molecule has 1 nitrogen and oxygen atoms in total. The molecule has 76 valence electrons. The maximum atomic E-state index is 9.35. The van der Waals surface area contributed by atoms with Crippen molar-refractivity contribution in [3.63, 3.8) is 0 Å². The van der Waals surface area contributed by atoms with E-state index in [9.17, 15) is 5.11 Å². The Morgan fingerprint density at radius 1 is 1.33 bits per heavy atom. The fourth-order valence-corrected chi connectivity index (χ4v) is 2.75. The van der Waals surface area contributed by atoms with Crippen molar-refractivity contribution in [2.24, 2.45) is 5.92 Å². The number of rotatable bonds is 1. The summed E-state index contributed by atoms with van der Waals surface area (Å²) in [4.78, 5) is 0. The van der Waals surface area contributed by atoms with Crippen molar-refractivity contribution in [2.45, 2.75) is 19.4 Å². The van der Waals surface area contributed by atoms with Gasteiger partial charge >= 0.3 is 0 Å². The Morgan fingerprint density at radius 3 is 3.13 bits per heavy atom. The second-order valence-electron chi connectivity index (χ2n) is 4.30. The van der Waals surface area contributed by atoms with Gasteiger partial charge in [0.25, 0.3) is 0 Å². The summed E-state index contributed by atoms with van der Waals surface area (Å²) in [6.07, 6.45) is 8.86. The van der Waals surface area contributed by atoms with Crippen LogP contribution in [-0.4, -0.2) is 5.11 Å². The van der Waals surface area contributed by atoms with E-state index in [2.05, 4.69) is 30.4 Å². The van der Waals surface area contributed by atoms with E-state index < -0.39 is 0 Å². The van der Waals surface area contributed by atoms with E-state index in [0.29, 0.717) is 5.92 Å². The highest BCUT2D eigenvalue weighted by Gasteiger charge is 2.28. The van der Waals surface area contributed by atoms with Crippen LogP contribution in [0.25, 0.3) is 5.57 Å². The molecule has 0 fully saturated rings. The molecule has 0 aliphatic heterocycles. The van der Waals surface area contributed by atoms with Gasteiger partial charge in [-0.25, -0.2) is 0 Å². The molecular weight excluding hydrogens is 184 g/mol. The molecule has 1 unspecified atom stereocenters. The molecule has 3 rings (SSSR count).